The van der Waals surface area contributed by atoms with Crippen LogP contribution < -0.4 is 10.6 Å². The van der Waals surface area contributed by atoms with Crippen LogP contribution >= 0.6 is 23.2 Å². The molecule has 478 valence electrons. The lowest BCUT2D eigenvalue weighted by atomic mass is 9.85. The number of likely N-dealkylation sites (N-methyl/N-ethyl adjacent to an activating group) is 4. The van der Waals surface area contributed by atoms with Crippen LogP contribution in [-0.4, -0.2) is 171 Å². The van der Waals surface area contributed by atoms with Crippen molar-refractivity contribution in [3.63, 3.8) is 0 Å². The number of Topliss-reactive ketones (excluding diaryl/α,β-unsaturated/α-hetero) is 1. The van der Waals surface area contributed by atoms with Gasteiger partial charge in [-0.3, -0.25) is 38.4 Å². The molecule has 7 amide bonds. The zero-order chi connectivity index (χ0) is 65.1. The Kier molecular flexibility index (Phi) is 25.6. The molecule has 0 aliphatic carbocycles. The number of nitrogens with one attached hydrogen (secondary N) is 2. The molecule has 0 bridgehead atoms. The first-order valence-corrected chi connectivity index (χ1v) is 31.5. The summed E-state index contributed by atoms with van der Waals surface area (Å²) in [7, 11) is 5.73. The van der Waals surface area contributed by atoms with E-state index in [0.717, 1.165) is 16.0 Å². The summed E-state index contributed by atoms with van der Waals surface area (Å²) in [6.07, 6.45) is -0.373. The quantitative estimate of drug-likeness (QED) is 0.130. The number of aliphatic hydroxyl groups is 1. The fraction of sp³-hybridized carbons (Fsp3) is 0.597. The van der Waals surface area contributed by atoms with Gasteiger partial charge in [0.15, 0.2) is 17.9 Å². The van der Waals surface area contributed by atoms with Crippen molar-refractivity contribution in [2.45, 2.75) is 188 Å². The Labute approximate surface area is 525 Å². The lowest BCUT2D eigenvalue weighted by Crippen LogP contribution is -2.61. The minimum absolute atomic E-state index is 0.0425. The molecular formula is C67H95Cl2N7O11. The number of carbonyl (C=O) groups is 9. The van der Waals surface area contributed by atoms with E-state index in [-0.39, 0.29) is 44.6 Å². The molecule has 2 aliphatic rings. The van der Waals surface area contributed by atoms with Crippen LogP contribution in [0.15, 0.2) is 72.8 Å². The number of nitrogens with zero attached hydrogens (tertiary/aromatic N) is 5. The Morgan fingerprint density at radius 1 is 0.621 bits per heavy atom. The lowest BCUT2D eigenvalue weighted by molar-refractivity contribution is -0.178. The molecule has 3 N–H and O–H groups in total. The highest BCUT2D eigenvalue weighted by Gasteiger charge is 2.48. The van der Waals surface area contributed by atoms with E-state index in [1.165, 1.54) is 61.6 Å². The van der Waals surface area contributed by atoms with Gasteiger partial charge in [-0.15, -0.1) is 0 Å². The zero-order valence-electron chi connectivity index (χ0n) is 53.9. The molecule has 2 aliphatic heterocycles. The van der Waals surface area contributed by atoms with Gasteiger partial charge in [0.1, 0.15) is 30.2 Å². The van der Waals surface area contributed by atoms with Gasteiger partial charge in [0, 0.05) is 65.8 Å². The highest BCUT2D eigenvalue weighted by Crippen LogP contribution is 2.32. The molecule has 20 heteroatoms. The number of fused-ring (bicyclic) bond motifs is 1. The summed E-state index contributed by atoms with van der Waals surface area (Å²) >= 11 is 12.8. The molecule has 18 nitrogen and oxygen atoms in total. The van der Waals surface area contributed by atoms with Crippen molar-refractivity contribution in [3.05, 3.63) is 94.0 Å². The number of rotatable bonds is 14. The van der Waals surface area contributed by atoms with E-state index in [9.17, 15) is 24.3 Å². The largest absolute Gasteiger partial charge is 0.450 e. The van der Waals surface area contributed by atoms with Crippen molar-refractivity contribution in [2.24, 2.45) is 35.5 Å². The van der Waals surface area contributed by atoms with Gasteiger partial charge in [-0.1, -0.05) is 160 Å². The third kappa shape index (κ3) is 17.7. The van der Waals surface area contributed by atoms with Crippen LogP contribution in [0.4, 0.5) is 0 Å². The third-order valence-electron chi connectivity index (χ3n) is 17.4. The molecule has 0 aromatic heterocycles. The van der Waals surface area contributed by atoms with Gasteiger partial charge in [0.05, 0.1) is 21.7 Å². The molecule has 3 aromatic rings. The summed E-state index contributed by atoms with van der Waals surface area (Å²) in [5, 5.41) is 18.5. The highest BCUT2D eigenvalue weighted by molar-refractivity contribution is 6.42. The van der Waals surface area contributed by atoms with Crippen molar-refractivity contribution in [2.75, 3.05) is 34.7 Å². The van der Waals surface area contributed by atoms with Crippen molar-refractivity contribution < 1.29 is 53.0 Å². The van der Waals surface area contributed by atoms with Crippen molar-refractivity contribution in [3.8, 4) is 11.1 Å². The molecule has 0 radical (unpaired) electrons. The van der Waals surface area contributed by atoms with Crippen LogP contribution in [-0.2, 0) is 60.7 Å². The molecule has 3 aromatic carbocycles. The Bertz CT molecular complexity index is 2930. The van der Waals surface area contributed by atoms with Gasteiger partial charge in [-0.25, -0.2) is 4.79 Å². The van der Waals surface area contributed by atoms with Crippen molar-refractivity contribution >= 4 is 76.3 Å². The summed E-state index contributed by atoms with van der Waals surface area (Å²) in [5.41, 5.74) is 0.842. The average molecular weight is 1250 g/mol. The summed E-state index contributed by atoms with van der Waals surface area (Å²) in [6.45, 7) is 20.8. The third-order valence-corrected chi connectivity index (χ3v) is 18.2. The first-order valence-electron chi connectivity index (χ1n) is 30.8. The Morgan fingerprint density at radius 3 is 1.79 bits per heavy atom. The first-order chi connectivity index (χ1) is 40.7. The molecule has 2 heterocycles. The fourth-order valence-corrected chi connectivity index (χ4v) is 12.6. The predicted octanol–water partition coefficient (Wildman–Crippen LogP) is 8.44. The van der Waals surface area contributed by atoms with Crippen LogP contribution in [0, 0.1) is 35.5 Å². The topological polar surface area (TPSA) is 223 Å². The van der Waals surface area contributed by atoms with Crippen LogP contribution in [0.5, 0.6) is 0 Å². The summed E-state index contributed by atoms with van der Waals surface area (Å²) in [6, 6.07) is 12.7. The SMILES string of the molecule is CC[C@H](C)[C@@H]1NC(=O)[C@@H]2CCCN2C(=O)[C@H](Cc2cccc(-c3ccc(Cl)c(Cl)c3)c2)N(C)C(=O)[C@H](Cc2ccccc2)NC(=O)[C@H](C(C)C)N(C)C(=O)[C@@H]([C@@H](C)CC)OC(=O)[C@H](C(C)(C)O)N(C)C(=O)[C@H](CC(C)C)CC(=O)[C@H](C(C)C)N(C)C1=O. The first kappa shape index (κ1) is 71.4. The number of ether oxygens (including phenoxy) is 1. The second-order valence-corrected chi connectivity index (χ2v) is 26.6. The van der Waals surface area contributed by atoms with Crippen LogP contribution in [0.1, 0.15) is 133 Å². The molecule has 2 saturated heterocycles. The number of halogens is 2. The summed E-state index contributed by atoms with van der Waals surface area (Å²) < 4.78 is 6.14. The number of esters is 1. The fourth-order valence-electron chi connectivity index (χ4n) is 12.3. The van der Waals surface area contributed by atoms with Crippen LogP contribution in [0.2, 0.25) is 10.0 Å². The Morgan fingerprint density at radius 2 is 1.22 bits per heavy atom. The van der Waals surface area contributed by atoms with E-state index in [1.807, 2.05) is 64.1 Å². The number of hydrogen-bond acceptors (Lipinski definition) is 11. The smallest absolute Gasteiger partial charge is 0.332 e. The maximum absolute atomic E-state index is 15.7. The molecule has 0 saturated carbocycles. The molecular weight excluding hydrogens is 1150 g/mol. The van der Waals surface area contributed by atoms with Gasteiger partial charge >= 0.3 is 5.97 Å². The molecule has 2 fully saturated rings. The predicted molar refractivity (Wildman–Crippen MR) is 338 cm³/mol. The number of hydrogen-bond donors (Lipinski definition) is 3. The maximum Gasteiger partial charge on any atom is 0.332 e. The average Bonchev–Trinajstić information content (AvgIpc) is 2.68. The van der Waals surface area contributed by atoms with Crippen molar-refractivity contribution in [1.82, 2.24) is 35.1 Å². The molecule has 0 unspecified atom stereocenters. The van der Waals surface area contributed by atoms with Gasteiger partial charge in [0.25, 0.3) is 5.91 Å². The molecule has 0 spiro atoms. The van der Waals surface area contributed by atoms with E-state index in [1.54, 1.807) is 77.9 Å². The van der Waals surface area contributed by atoms with E-state index in [2.05, 4.69) is 10.6 Å². The maximum atomic E-state index is 15.7. The number of cyclic esters (lactones) is 1. The summed E-state index contributed by atoms with van der Waals surface area (Å²) in [5.74, 6) is -9.41. The standard InChI is InChI=1S/C67H95Cl2N7O11/c1-17-41(9)54-64(83)73(14)55(39(5)6)53(77)37-47(32-38(3)4)61(80)75(16)58(67(11,12)86)66(85)87-57(42(10)18-2)65(84)74(15)56(40(7)8)60(79)70-50(34-43-24-20-19-21-25-43)62(81)72(13)52(63(82)76-31-23-28-51(76)59(78)71-54)35-44-26-22-27-45(33-44)46-29-30-48(68)49(69)36-46/h19-22,24-27,29-30,33,36,38-42,47,50-52,54-58,86H,17-18,23,28,31-32,34-35,37H2,1-16H3,(H,70,79)(H,71,78)/t41-,42-,47+,50-,51-,52-,54-,55-,56-,57+,58+/m0/s1. The number of ketones is 1. The normalized spacial score (nSPS) is 25.2. The number of benzene rings is 3. The van der Waals surface area contributed by atoms with E-state index >= 15 is 24.0 Å². The van der Waals surface area contributed by atoms with Gasteiger partial charge in [-0.05, 0) is 97.6 Å². The van der Waals surface area contributed by atoms with E-state index < -0.39 is 137 Å². The van der Waals surface area contributed by atoms with Crippen LogP contribution in [0.25, 0.3) is 11.1 Å². The molecule has 5 rings (SSSR count). The Balaban J connectivity index is 1.73. The number of amides is 7. The Hall–Kier alpha value is -6.37. The van der Waals surface area contributed by atoms with Gasteiger partial charge in [0.2, 0.25) is 35.4 Å². The second kappa shape index (κ2) is 31.2. The highest BCUT2D eigenvalue weighted by atomic mass is 35.5. The molecule has 11 atom stereocenters. The zero-order valence-corrected chi connectivity index (χ0v) is 55.4. The van der Waals surface area contributed by atoms with E-state index in [0.29, 0.717) is 40.4 Å². The van der Waals surface area contributed by atoms with E-state index in [4.69, 9.17) is 27.9 Å². The second-order valence-electron chi connectivity index (χ2n) is 25.8. The molecule has 87 heavy (non-hydrogen) atoms. The van der Waals surface area contributed by atoms with Crippen LogP contribution in [0.3, 0.4) is 0 Å². The lowest BCUT2D eigenvalue weighted by Gasteiger charge is -2.39. The minimum atomic E-state index is -1.96. The summed E-state index contributed by atoms with van der Waals surface area (Å²) in [4.78, 5) is 142. The van der Waals surface area contributed by atoms with Gasteiger partial charge in [-0.2, -0.15) is 0 Å². The monoisotopic (exact) mass is 1240 g/mol. The number of carbonyl (C=O) groups excluding carboxylic acids is 9. The minimum Gasteiger partial charge on any atom is -0.450 e. The van der Waals surface area contributed by atoms with Gasteiger partial charge < -0.3 is 45.0 Å². The van der Waals surface area contributed by atoms with Crippen molar-refractivity contribution in [1.29, 1.82) is 0 Å².